The summed E-state index contributed by atoms with van der Waals surface area (Å²) in [4.78, 5) is 72.8. The lowest BCUT2D eigenvalue weighted by Gasteiger charge is -2.21. The molecule has 570 valence electrons. The molecule has 96 heavy (non-hydrogen) atoms. The Morgan fingerprint density at radius 3 is 0.708 bits per heavy atom. The number of unbranched alkanes of at least 4 members (excludes halogenated alkanes) is 46. The van der Waals surface area contributed by atoms with Crippen LogP contribution in [-0.2, 0) is 65.4 Å². The van der Waals surface area contributed by atoms with Crippen molar-refractivity contribution in [1.82, 2.24) is 0 Å². The summed E-state index contributed by atoms with van der Waals surface area (Å²) in [5, 5.41) is 10.6. The highest BCUT2D eigenvalue weighted by molar-refractivity contribution is 7.47. The maximum atomic E-state index is 13.1. The van der Waals surface area contributed by atoms with Gasteiger partial charge in [0.05, 0.1) is 26.4 Å². The number of esters is 4. The molecule has 0 aromatic rings. The number of hydrogen-bond donors (Lipinski definition) is 3. The van der Waals surface area contributed by atoms with Crippen LogP contribution < -0.4 is 0 Å². The van der Waals surface area contributed by atoms with Gasteiger partial charge in [0.15, 0.2) is 12.2 Å². The molecule has 2 unspecified atom stereocenters. The summed E-state index contributed by atoms with van der Waals surface area (Å²) >= 11 is 0. The third kappa shape index (κ3) is 70.5. The third-order valence-corrected chi connectivity index (χ3v) is 19.9. The number of rotatable bonds is 76. The van der Waals surface area contributed by atoms with Gasteiger partial charge in [-0.2, -0.15) is 0 Å². The summed E-state index contributed by atoms with van der Waals surface area (Å²) in [6.45, 7) is 9.56. The van der Waals surface area contributed by atoms with E-state index in [1.807, 2.05) is 0 Å². The fraction of sp³-hybridized carbons (Fsp3) is 0.948. The van der Waals surface area contributed by atoms with E-state index in [0.29, 0.717) is 31.6 Å². The molecule has 5 atom stereocenters. The van der Waals surface area contributed by atoms with Crippen LogP contribution in [0.4, 0.5) is 0 Å². The fourth-order valence-corrected chi connectivity index (χ4v) is 13.4. The average molecular weight is 1410 g/mol. The molecule has 0 aliphatic heterocycles. The molecule has 0 saturated heterocycles. The van der Waals surface area contributed by atoms with Gasteiger partial charge in [0, 0.05) is 25.7 Å². The van der Waals surface area contributed by atoms with Crippen LogP contribution in [-0.4, -0.2) is 96.7 Å². The average Bonchev–Trinajstić information content (AvgIpc) is 1.20. The normalized spacial score (nSPS) is 14.0. The van der Waals surface area contributed by atoms with E-state index in [9.17, 15) is 43.2 Å². The van der Waals surface area contributed by atoms with Crippen molar-refractivity contribution in [3.05, 3.63) is 0 Å². The first-order chi connectivity index (χ1) is 46.4. The molecule has 0 spiro atoms. The number of carbonyl (C=O) groups is 4. The van der Waals surface area contributed by atoms with Crippen molar-refractivity contribution in [3.8, 4) is 0 Å². The van der Waals surface area contributed by atoms with E-state index in [2.05, 4.69) is 41.5 Å². The fourth-order valence-electron chi connectivity index (χ4n) is 11.8. The number of aliphatic hydroxyl groups is 1. The van der Waals surface area contributed by atoms with Crippen molar-refractivity contribution < 1.29 is 80.2 Å². The Bertz CT molecular complexity index is 1860. The van der Waals surface area contributed by atoms with E-state index < -0.39 is 97.5 Å². The second-order valence-electron chi connectivity index (χ2n) is 28.7. The van der Waals surface area contributed by atoms with Crippen LogP contribution in [0.15, 0.2) is 0 Å². The van der Waals surface area contributed by atoms with Crippen molar-refractivity contribution in [2.45, 2.75) is 419 Å². The predicted octanol–water partition coefficient (Wildman–Crippen LogP) is 22.7. The van der Waals surface area contributed by atoms with Gasteiger partial charge in [-0.05, 0) is 37.5 Å². The van der Waals surface area contributed by atoms with Crippen molar-refractivity contribution in [3.63, 3.8) is 0 Å². The van der Waals surface area contributed by atoms with Gasteiger partial charge < -0.3 is 33.8 Å². The van der Waals surface area contributed by atoms with Gasteiger partial charge in [-0.15, -0.1) is 0 Å². The number of ether oxygens (including phenoxy) is 4. The number of carbonyl (C=O) groups excluding carboxylic acids is 4. The molecule has 0 bridgehead atoms. The second kappa shape index (κ2) is 68.8. The smallest absolute Gasteiger partial charge is 0.462 e. The minimum absolute atomic E-state index is 0.107. The number of phosphoric ester groups is 2. The van der Waals surface area contributed by atoms with Crippen LogP contribution in [0.5, 0.6) is 0 Å². The Labute approximate surface area is 588 Å². The summed E-state index contributed by atoms with van der Waals surface area (Å²) < 4.78 is 68.6. The maximum Gasteiger partial charge on any atom is 0.472 e. The van der Waals surface area contributed by atoms with E-state index in [-0.39, 0.29) is 25.7 Å². The zero-order valence-corrected chi connectivity index (χ0v) is 64.5. The first kappa shape index (κ1) is 94.1. The van der Waals surface area contributed by atoms with Gasteiger partial charge >= 0.3 is 39.5 Å². The Kier molecular flexibility index (Phi) is 67.4. The lowest BCUT2D eigenvalue weighted by atomic mass is 10.0. The number of hydrogen-bond acceptors (Lipinski definition) is 15. The molecule has 0 rings (SSSR count). The quantitative estimate of drug-likeness (QED) is 0.0222. The highest BCUT2D eigenvalue weighted by Crippen LogP contribution is 2.45. The van der Waals surface area contributed by atoms with Crippen LogP contribution in [0, 0.1) is 11.8 Å². The second-order valence-corrected chi connectivity index (χ2v) is 31.6. The Hall–Kier alpha value is -1.94. The molecule has 17 nitrogen and oxygen atoms in total. The van der Waals surface area contributed by atoms with E-state index in [4.69, 9.17) is 37.0 Å². The van der Waals surface area contributed by atoms with Crippen molar-refractivity contribution in [2.75, 3.05) is 39.6 Å². The predicted molar refractivity (Wildman–Crippen MR) is 391 cm³/mol. The molecule has 0 radical (unpaired) electrons. The molecule has 3 N–H and O–H groups in total. The lowest BCUT2D eigenvalue weighted by molar-refractivity contribution is -0.161. The Balaban J connectivity index is 5.23. The van der Waals surface area contributed by atoms with Crippen molar-refractivity contribution in [1.29, 1.82) is 0 Å². The molecule has 19 heteroatoms. The Morgan fingerprint density at radius 2 is 0.479 bits per heavy atom. The summed E-state index contributed by atoms with van der Waals surface area (Å²) in [5.74, 6) is -0.638. The summed E-state index contributed by atoms with van der Waals surface area (Å²) in [6.07, 6.45) is 56.9. The summed E-state index contributed by atoms with van der Waals surface area (Å²) in [5.41, 5.74) is 0. The highest BCUT2D eigenvalue weighted by Gasteiger charge is 2.30. The van der Waals surface area contributed by atoms with Gasteiger partial charge in [0.25, 0.3) is 0 Å². The molecular weight excluding hydrogens is 1260 g/mol. The van der Waals surface area contributed by atoms with Crippen LogP contribution in [0.2, 0.25) is 0 Å². The summed E-state index contributed by atoms with van der Waals surface area (Å²) in [7, 11) is -9.91. The number of aliphatic hydroxyl groups excluding tert-OH is 1. The van der Waals surface area contributed by atoms with Gasteiger partial charge in [0.2, 0.25) is 0 Å². The molecule has 0 aromatic heterocycles. The molecule has 0 saturated carbocycles. The van der Waals surface area contributed by atoms with Gasteiger partial charge in [-0.1, -0.05) is 350 Å². The first-order valence-corrected chi connectivity index (χ1v) is 43.0. The van der Waals surface area contributed by atoms with E-state index in [1.165, 1.54) is 212 Å². The molecule has 0 amide bonds. The standard InChI is InChI=1S/C77H150O17P2/c1-7-9-11-13-15-17-19-21-22-23-24-25-26-28-32-37-43-50-56-62-77(82)93-72(65-87-74(79)59-53-47-41-35-33-29-30-34-39-45-51-57-69(3)4)67-91-95(83,84)89-63-71(78)64-90-96(85,86)92-68-73(66-88-75(80)60-54-48-44-38-40-46-52-58-70(5)6)94-76(81)61-55-49-42-36-31-27-20-18-16-14-12-10-8-2/h69-73,78H,7-68H2,1-6H3,(H,83,84)(H,85,86)/t71-,72-,73-/m1/s1. The molecular formula is C77H150O17P2. The van der Waals surface area contributed by atoms with E-state index >= 15 is 0 Å². The van der Waals surface area contributed by atoms with Crippen LogP contribution in [0.3, 0.4) is 0 Å². The third-order valence-electron chi connectivity index (χ3n) is 18.0. The van der Waals surface area contributed by atoms with Gasteiger partial charge in [-0.25, -0.2) is 9.13 Å². The Morgan fingerprint density at radius 1 is 0.281 bits per heavy atom. The van der Waals surface area contributed by atoms with E-state index in [1.54, 1.807) is 0 Å². The molecule has 0 aliphatic carbocycles. The largest absolute Gasteiger partial charge is 0.472 e. The minimum Gasteiger partial charge on any atom is -0.462 e. The maximum absolute atomic E-state index is 13.1. The van der Waals surface area contributed by atoms with Gasteiger partial charge in [-0.3, -0.25) is 37.3 Å². The SMILES string of the molecule is CCCCCCCCCCCCCCCCCCCCCC(=O)O[C@H](COC(=O)CCCCCCCCCCCCCC(C)C)COP(=O)(O)OC[C@@H](O)COP(=O)(O)OC[C@@H](COC(=O)CCCCCCCCCC(C)C)OC(=O)CCCCCCCCCCCCCCC. The van der Waals surface area contributed by atoms with Crippen molar-refractivity contribution >= 4 is 39.5 Å². The highest BCUT2D eigenvalue weighted by atomic mass is 31.2. The zero-order valence-electron chi connectivity index (χ0n) is 62.7. The van der Waals surface area contributed by atoms with Crippen LogP contribution in [0.1, 0.15) is 401 Å². The summed E-state index contributed by atoms with van der Waals surface area (Å²) in [6, 6.07) is 0. The van der Waals surface area contributed by atoms with Crippen molar-refractivity contribution in [2.24, 2.45) is 11.8 Å². The van der Waals surface area contributed by atoms with Crippen LogP contribution in [0.25, 0.3) is 0 Å². The monoisotopic (exact) mass is 1410 g/mol. The van der Waals surface area contributed by atoms with Crippen LogP contribution >= 0.6 is 15.6 Å². The molecule has 0 heterocycles. The zero-order chi connectivity index (χ0) is 70.7. The first-order valence-electron chi connectivity index (χ1n) is 40.0. The van der Waals surface area contributed by atoms with Gasteiger partial charge in [0.1, 0.15) is 19.3 Å². The van der Waals surface area contributed by atoms with E-state index in [0.717, 1.165) is 102 Å². The molecule has 0 aliphatic rings. The molecule has 0 fully saturated rings. The topological polar surface area (TPSA) is 237 Å². The molecule has 0 aromatic carbocycles. The number of phosphoric acid groups is 2. The minimum atomic E-state index is -4.96. The lowest BCUT2D eigenvalue weighted by Crippen LogP contribution is -2.30.